The number of benzene rings is 4. The molecular formula is C76H120BBr3O16. The maximum atomic E-state index is 12.1. The first-order valence-electron chi connectivity index (χ1n) is 35.2. The molecule has 4 aromatic carbocycles. The highest BCUT2D eigenvalue weighted by molar-refractivity contribution is 9.69. The summed E-state index contributed by atoms with van der Waals surface area (Å²) < 4.78 is 20.7. The van der Waals surface area contributed by atoms with Crippen molar-refractivity contribution >= 4 is 73.6 Å². The second kappa shape index (κ2) is 59.2. The van der Waals surface area contributed by atoms with E-state index in [1.165, 1.54) is 154 Å². The van der Waals surface area contributed by atoms with E-state index >= 15 is 0 Å². The summed E-state index contributed by atoms with van der Waals surface area (Å²) in [5, 5.41) is 77.9. The molecule has 0 aliphatic rings. The number of halogens is 3. The van der Waals surface area contributed by atoms with Crippen molar-refractivity contribution < 1.29 is 79.0 Å². The first-order chi connectivity index (χ1) is 46.0. The highest BCUT2D eigenvalue weighted by Crippen LogP contribution is 2.31. The lowest BCUT2D eigenvalue weighted by molar-refractivity contribution is -0.127. The summed E-state index contributed by atoms with van der Waals surface area (Å²) >= 11 is 9.31. The molecular weight excluding hydrogens is 1420 g/mol. The molecule has 0 saturated heterocycles. The summed E-state index contributed by atoms with van der Waals surface area (Å²) in [6.45, 7) is 8.79. The Morgan fingerprint density at radius 2 is 0.552 bits per heavy atom. The molecule has 4 unspecified atom stereocenters. The van der Waals surface area contributed by atoms with Crippen molar-refractivity contribution in [2.75, 3.05) is 28.4 Å². The summed E-state index contributed by atoms with van der Waals surface area (Å²) in [4.78, 5) is 47.9. The van der Waals surface area contributed by atoms with Gasteiger partial charge in [0.25, 0.3) is 0 Å². The van der Waals surface area contributed by atoms with Gasteiger partial charge in [0, 0.05) is 51.4 Å². The Morgan fingerprint density at radius 1 is 0.312 bits per heavy atom. The summed E-state index contributed by atoms with van der Waals surface area (Å²) in [5.41, 5.74) is 3.01. The smallest absolute Gasteiger partial charge is 0.369 e. The number of hydrogen-bond acceptors (Lipinski definition) is 16. The zero-order chi connectivity index (χ0) is 71.9. The van der Waals surface area contributed by atoms with E-state index in [9.17, 15) is 60.0 Å². The van der Waals surface area contributed by atoms with Crippen molar-refractivity contribution in [3.8, 4) is 46.0 Å². The predicted molar refractivity (Wildman–Crippen MR) is 400 cm³/mol. The van der Waals surface area contributed by atoms with Crippen LogP contribution in [0.1, 0.15) is 255 Å². The number of phenols is 4. The molecule has 4 aromatic rings. The van der Waals surface area contributed by atoms with Crippen LogP contribution in [0, 0.1) is 0 Å². The van der Waals surface area contributed by atoms with E-state index < -0.39 is 24.4 Å². The lowest BCUT2D eigenvalue weighted by Crippen LogP contribution is -2.22. The third-order valence-electron chi connectivity index (χ3n) is 16.3. The zero-order valence-electron chi connectivity index (χ0n) is 59.2. The molecule has 0 aliphatic carbocycles. The molecule has 0 aliphatic heterocycles. The Kier molecular flexibility index (Phi) is 56.3. The fraction of sp³-hybridized carbons (Fsp3) is 0.632. The highest BCUT2D eigenvalue weighted by Gasteiger charge is 2.20. The summed E-state index contributed by atoms with van der Waals surface area (Å²) in [6, 6.07) is 19.6. The number of aliphatic hydroxyl groups is 4. The van der Waals surface area contributed by atoms with E-state index in [4.69, 9.17) is 18.9 Å². The number of unbranched alkanes of at least 4 members (excludes halogenated alkanes) is 24. The maximum absolute atomic E-state index is 12.1. The van der Waals surface area contributed by atoms with Crippen molar-refractivity contribution in [3.05, 3.63) is 95.1 Å². The Labute approximate surface area is 601 Å². The average Bonchev–Trinajstić information content (AvgIpc) is 1.10. The summed E-state index contributed by atoms with van der Waals surface area (Å²) in [6.07, 6.45) is 31.1. The fourth-order valence-electron chi connectivity index (χ4n) is 10.5. The van der Waals surface area contributed by atoms with Crippen molar-refractivity contribution in [1.82, 2.24) is 0 Å². The molecule has 0 heterocycles. The van der Waals surface area contributed by atoms with Gasteiger partial charge in [-0.2, -0.15) is 0 Å². The third kappa shape index (κ3) is 45.8. The Bertz CT molecular complexity index is 2660. The quantitative estimate of drug-likeness (QED) is 0.0116. The van der Waals surface area contributed by atoms with Crippen LogP contribution in [0.25, 0.3) is 0 Å². The Morgan fingerprint density at radius 3 is 0.833 bits per heavy atom. The minimum Gasteiger partial charge on any atom is -0.504 e. The van der Waals surface area contributed by atoms with Gasteiger partial charge in [-0.3, -0.25) is 19.2 Å². The van der Waals surface area contributed by atoms with E-state index in [1.807, 2.05) is 12.1 Å². The normalized spacial score (nSPS) is 11.9. The van der Waals surface area contributed by atoms with E-state index in [1.54, 1.807) is 50.6 Å². The van der Waals surface area contributed by atoms with Crippen molar-refractivity contribution in [2.24, 2.45) is 0 Å². The Balaban J connectivity index is 0.00000123. The van der Waals surface area contributed by atoms with Gasteiger partial charge in [0.05, 0.1) is 28.4 Å². The SMILES string of the molecule is BrB(Br)Br.CCCCCCCCCC(=O)C(O)Cc1ccc(O)c(O)c1.CCCCCCCCCC(=O)C(O)Cc1ccc(O)c(OC)c1.CCCCCCCCCC(=O)C(O)Cc1ccc(OC)c(O)c1.CCCCCCCCCC(=O)C(O)Cc1ccc(OC)c(OC)c1. The van der Waals surface area contributed by atoms with E-state index in [0.29, 0.717) is 60.7 Å². The highest BCUT2D eigenvalue weighted by atomic mass is 79.9. The number of methoxy groups -OCH3 is 4. The van der Waals surface area contributed by atoms with Crippen LogP contribution in [0.4, 0.5) is 0 Å². The van der Waals surface area contributed by atoms with Crippen LogP contribution in [0.2, 0.25) is 0 Å². The fourth-order valence-corrected chi connectivity index (χ4v) is 10.5. The number of ether oxygens (including phenoxy) is 4. The number of carbonyl (C=O) groups is 4. The molecule has 4 rings (SSSR count). The minimum atomic E-state index is -1.04. The molecule has 0 aromatic heterocycles. The number of Topliss-reactive ketones (excluding diaryl/α,β-unsaturated/α-hetero) is 4. The molecule has 8 N–H and O–H groups in total. The zero-order valence-corrected chi connectivity index (χ0v) is 64.0. The molecule has 0 saturated carbocycles. The van der Waals surface area contributed by atoms with Crippen molar-refractivity contribution in [1.29, 1.82) is 0 Å². The monoisotopic (exact) mass is 1540 g/mol. The summed E-state index contributed by atoms with van der Waals surface area (Å²) in [7, 11) is 6.11. The molecule has 0 amide bonds. The largest absolute Gasteiger partial charge is 0.504 e. The second-order valence-electron chi connectivity index (χ2n) is 24.5. The number of ketones is 4. The number of phenolic OH excluding ortho intramolecular Hbond substituents is 4. The molecule has 16 nitrogen and oxygen atoms in total. The first kappa shape index (κ1) is 91.3. The molecule has 0 fully saturated rings. The van der Waals surface area contributed by atoms with Crippen molar-refractivity contribution in [2.45, 2.75) is 283 Å². The lowest BCUT2D eigenvalue weighted by atomic mass is 10.00. The Hall–Kier alpha value is -4.70. The van der Waals surface area contributed by atoms with Gasteiger partial charge in [0.15, 0.2) is 69.1 Å². The van der Waals surface area contributed by atoms with Gasteiger partial charge in [-0.15, -0.1) is 47.3 Å². The van der Waals surface area contributed by atoms with Crippen LogP contribution in [0.5, 0.6) is 46.0 Å². The number of carbonyl (C=O) groups excluding carboxylic acids is 4. The number of aliphatic hydroxyl groups excluding tert-OH is 4. The van der Waals surface area contributed by atoms with Crippen LogP contribution >= 0.6 is 47.3 Å². The van der Waals surface area contributed by atoms with Gasteiger partial charge in [-0.1, -0.05) is 206 Å². The second-order valence-corrected chi connectivity index (χ2v) is 30.9. The van der Waals surface area contributed by atoms with Gasteiger partial charge in [0.1, 0.15) is 24.4 Å². The van der Waals surface area contributed by atoms with Gasteiger partial charge in [-0.05, 0) is 96.5 Å². The van der Waals surface area contributed by atoms with Crippen LogP contribution in [0.15, 0.2) is 72.8 Å². The minimum absolute atomic E-state index is 0.0247. The molecule has 96 heavy (non-hydrogen) atoms. The topological polar surface area (TPSA) is 267 Å². The van der Waals surface area contributed by atoms with Crippen LogP contribution in [-0.2, 0) is 44.9 Å². The first-order valence-corrected chi connectivity index (χ1v) is 38.0. The molecule has 0 spiro atoms. The van der Waals surface area contributed by atoms with Crippen LogP contribution in [0.3, 0.4) is 0 Å². The number of aromatic hydroxyl groups is 4. The third-order valence-corrected chi connectivity index (χ3v) is 16.3. The molecule has 0 radical (unpaired) electrons. The van der Waals surface area contributed by atoms with Crippen LogP contribution in [-0.4, -0.2) is 120 Å². The summed E-state index contributed by atoms with van der Waals surface area (Å²) in [5.74, 6) is 1.20. The molecule has 4 atom stereocenters. The lowest BCUT2D eigenvalue weighted by Gasteiger charge is -2.12. The van der Waals surface area contributed by atoms with E-state index in [-0.39, 0.29) is 68.6 Å². The standard InChI is InChI=1S/C20H32O4.2C19H30O4.C18H28O4.BBr3/c1-4-5-6-7-8-9-10-11-17(21)18(22)14-16-12-13-19(23-2)20(15-16)24-3;1-3-4-5-6-7-8-9-10-16(20)17(21)13-15-11-12-19(23-2)18(22)14-15;1-3-4-5-6-7-8-9-10-16(20)18(22)13-15-11-12-17(21)19(14-15)23-2;1-2-3-4-5-6-7-8-9-15(19)17(21)12-14-10-11-16(20)18(22)13-14;2-1(3)4/h12-13,15,18,22H,4-11,14H2,1-3H3;11-12,14,17,21-22H,3-10,13H2,1-2H3;11-12,14,18,21-22H,3-10,13H2,1-2H3;10-11,13,17,20-22H,2-9,12H2,1H3;. The van der Waals surface area contributed by atoms with E-state index in [0.717, 1.165) is 80.9 Å². The van der Waals surface area contributed by atoms with Crippen molar-refractivity contribution in [3.63, 3.8) is 0 Å². The molecule has 544 valence electrons. The van der Waals surface area contributed by atoms with Gasteiger partial charge >= 0.3 is 3.18 Å². The number of hydrogen-bond donors (Lipinski definition) is 8. The van der Waals surface area contributed by atoms with Gasteiger partial charge in [0.2, 0.25) is 0 Å². The number of rotatable bonds is 48. The van der Waals surface area contributed by atoms with Gasteiger partial charge < -0.3 is 59.8 Å². The molecule has 0 bridgehead atoms. The maximum Gasteiger partial charge on any atom is 0.369 e. The van der Waals surface area contributed by atoms with Crippen LogP contribution < -0.4 is 18.9 Å². The average molecular weight is 1540 g/mol. The predicted octanol–water partition coefficient (Wildman–Crippen LogP) is 18.2. The van der Waals surface area contributed by atoms with E-state index in [2.05, 4.69) is 75.0 Å². The van der Waals surface area contributed by atoms with Gasteiger partial charge in [-0.25, -0.2) is 0 Å². The molecule has 20 heteroatoms.